The molecular weight excluding hydrogens is 306 g/mol. The monoisotopic (exact) mass is 327 g/mol. The second-order valence-electron chi connectivity index (χ2n) is 5.79. The summed E-state index contributed by atoms with van der Waals surface area (Å²) < 4.78 is 5.01. The van der Waals surface area contributed by atoms with Gasteiger partial charge in [-0.3, -0.25) is 4.79 Å². The summed E-state index contributed by atoms with van der Waals surface area (Å²) in [7, 11) is 1.50. The normalized spacial score (nSPS) is 14.3. The number of aromatic hydroxyl groups is 1. The van der Waals surface area contributed by atoms with Crippen molar-refractivity contribution in [2.75, 3.05) is 30.4 Å². The summed E-state index contributed by atoms with van der Waals surface area (Å²) in [6.07, 6.45) is 5.30. The van der Waals surface area contributed by atoms with Gasteiger partial charge in [-0.05, 0) is 43.5 Å². The van der Waals surface area contributed by atoms with Gasteiger partial charge < -0.3 is 20.1 Å². The van der Waals surface area contributed by atoms with Gasteiger partial charge in [-0.25, -0.2) is 4.98 Å². The van der Waals surface area contributed by atoms with Crippen molar-refractivity contribution in [3.05, 3.63) is 42.1 Å². The number of pyridine rings is 1. The Kier molecular flexibility index (Phi) is 4.84. The van der Waals surface area contributed by atoms with E-state index in [9.17, 15) is 9.90 Å². The first kappa shape index (κ1) is 16.1. The van der Waals surface area contributed by atoms with Crippen molar-refractivity contribution in [1.29, 1.82) is 0 Å². The number of ether oxygens (including phenoxy) is 1. The van der Waals surface area contributed by atoms with Gasteiger partial charge in [-0.1, -0.05) is 0 Å². The lowest BCUT2D eigenvalue weighted by Crippen LogP contribution is -2.30. The van der Waals surface area contributed by atoms with Crippen molar-refractivity contribution in [2.45, 2.75) is 19.3 Å². The number of rotatable bonds is 4. The van der Waals surface area contributed by atoms with E-state index in [1.54, 1.807) is 12.3 Å². The van der Waals surface area contributed by atoms with Crippen molar-refractivity contribution in [3.8, 4) is 11.5 Å². The van der Waals surface area contributed by atoms with Gasteiger partial charge in [0.15, 0.2) is 0 Å². The standard InChI is InChI=1S/C18H21N3O3/c1-24-14-6-7-15(16(22)11-14)18(23)20-13-5-8-17(19-12-13)21-9-3-2-4-10-21/h5-8,11-12,22H,2-4,9-10H2,1H3,(H,20,23). The number of carbonyl (C=O) groups is 1. The molecule has 0 saturated carbocycles. The Morgan fingerprint density at radius 2 is 2.00 bits per heavy atom. The first-order valence-electron chi connectivity index (χ1n) is 8.07. The fraction of sp³-hybridized carbons (Fsp3) is 0.333. The molecule has 1 aliphatic heterocycles. The van der Waals surface area contributed by atoms with E-state index in [0.29, 0.717) is 11.4 Å². The van der Waals surface area contributed by atoms with E-state index in [-0.39, 0.29) is 17.2 Å². The van der Waals surface area contributed by atoms with E-state index < -0.39 is 0 Å². The molecule has 24 heavy (non-hydrogen) atoms. The molecule has 0 unspecified atom stereocenters. The van der Waals surface area contributed by atoms with Gasteiger partial charge in [0.2, 0.25) is 0 Å². The molecule has 1 aromatic carbocycles. The Balaban J connectivity index is 1.68. The molecule has 0 aliphatic carbocycles. The van der Waals surface area contributed by atoms with Crippen LogP contribution in [0.5, 0.6) is 11.5 Å². The third-order valence-corrected chi connectivity index (χ3v) is 4.14. The summed E-state index contributed by atoms with van der Waals surface area (Å²) in [5.41, 5.74) is 0.784. The number of hydrogen-bond donors (Lipinski definition) is 2. The Bertz CT molecular complexity index is 710. The van der Waals surface area contributed by atoms with Crippen LogP contribution in [0.3, 0.4) is 0 Å². The molecule has 1 fully saturated rings. The SMILES string of the molecule is COc1ccc(C(=O)Nc2ccc(N3CCCCC3)nc2)c(O)c1. The number of aromatic nitrogens is 1. The summed E-state index contributed by atoms with van der Waals surface area (Å²) in [4.78, 5) is 19.0. The van der Waals surface area contributed by atoms with Crippen molar-refractivity contribution >= 4 is 17.4 Å². The Labute approximate surface area is 141 Å². The number of anilines is 2. The summed E-state index contributed by atoms with van der Waals surface area (Å²) in [6.45, 7) is 2.05. The molecule has 2 aromatic rings. The van der Waals surface area contributed by atoms with Crippen molar-refractivity contribution < 1.29 is 14.6 Å². The predicted molar refractivity (Wildman–Crippen MR) is 92.9 cm³/mol. The molecule has 126 valence electrons. The van der Waals surface area contributed by atoms with E-state index in [4.69, 9.17) is 4.74 Å². The van der Waals surface area contributed by atoms with E-state index in [1.165, 1.54) is 38.5 Å². The molecule has 0 radical (unpaired) electrons. The quantitative estimate of drug-likeness (QED) is 0.903. The Morgan fingerprint density at radius 1 is 1.21 bits per heavy atom. The van der Waals surface area contributed by atoms with Gasteiger partial charge in [-0.2, -0.15) is 0 Å². The number of amides is 1. The predicted octanol–water partition coefficient (Wildman–Crippen LogP) is 3.04. The lowest BCUT2D eigenvalue weighted by molar-refractivity contribution is 0.102. The molecule has 6 heteroatoms. The molecular formula is C18H21N3O3. The highest BCUT2D eigenvalue weighted by Gasteiger charge is 2.14. The van der Waals surface area contributed by atoms with Crippen LogP contribution in [-0.2, 0) is 0 Å². The topological polar surface area (TPSA) is 74.7 Å². The zero-order valence-electron chi connectivity index (χ0n) is 13.7. The summed E-state index contributed by atoms with van der Waals surface area (Å²) in [5, 5.41) is 12.7. The first-order valence-corrected chi connectivity index (χ1v) is 8.07. The van der Waals surface area contributed by atoms with E-state index in [2.05, 4.69) is 15.2 Å². The molecule has 0 spiro atoms. The fourth-order valence-corrected chi connectivity index (χ4v) is 2.80. The smallest absolute Gasteiger partial charge is 0.259 e. The van der Waals surface area contributed by atoms with Crippen LogP contribution in [0, 0.1) is 0 Å². The summed E-state index contributed by atoms with van der Waals surface area (Å²) in [5.74, 6) is 0.920. The van der Waals surface area contributed by atoms with Gasteiger partial charge in [-0.15, -0.1) is 0 Å². The van der Waals surface area contributed by atoms with Crippen LogP contribution in [0.4, 0.5) is 11.5 Å². The van der Waals surface area contributed by atoms with Crippen LogP contribution in [0.25, 0.3) is 0 Å². The third-order valence-electron chi connectivity index (χ3n) is 4.14. The van der Waals surface area contributed by atoms with Crippen molar-refractivity contribution in [3.63, 3.8) is 0 Å². The van der Waals surface area contributed by atoms with Crippen LogP contribution in [0.1, 0.15) is 29.6 Å². The minimum atomic E-state index is -0.386. The second-order valence-corrected chi connectivity index (χ2v) is 5.79. The van der Waals surface area contributed by atoms with Crippen molar-refractivity contribution in [2.24, 2.45) is 0 Å². The maximum atomic E-state index is 12.3. The van der Waals surface area contributed by atoms with Crippen LogP contribution in [-0.4, -0.2) is 36.2 Å². The van der Waals surface area contributed by atoms with E-state index in [1.807, 2.05) is 12.1 Å². The number of methoxy groups -OCH3 is 1. The third kappa shape index (κ3) is 3.59. The number of piperidine rings is 1. The highest BCUT2D eigenvalue weighted by Crippen LogP contribution is 2.25. The van der Waals surface area contributed by atoms with Gasteiger partial charge >= 0.3 is 0 Å². The minimum absolute atomic E-state index is 0.121. The highest BCUT2D eigenvalue weighted by molar-refractivity contribution is 6.06. The lowest BCUT2D eigenvalue weighted by Gasteiger charge is -2.27. The molecule has 1 aliphatic rings. The fourth-order valence-electron chi connectivity index (χ4n) is 2.80. The van der Waals surface area contributed by atoms with Crippen molar-refractivity contribution in [1.82, 2.24) is 4.98 Å². The summed E-state index contributed by atoms with van der Waals surface area (Å²) >= 11 is 0. The van der Waals surface area contributed by atoms with Crippen LogP contribution in [0.2, 0.25) is 0 Å². The number of nitrogens with one attached hydrogen (secondary N) is 1. The zero-order valence-corrected chi connectivity index (χ0v) is 13.7. The van der Waals surface area contributed by atoms with Crippen LogP contribution < -0.4 is 15.0 Å². The highest BCUT2D eigenvalue weighted by atomic mass is 16.5. The molecule has 1 amide bonds. The maximum absolute atomic E-state index is 12.3. The Morgan fingerprint density at radius 3 is 2.62 bits per heavy atom. The molecule has 1 saturated heterocycles. The average Bonchev–Trinajstić information content (AvgIpc) is 2.63. The number of nitrogens with zero attached hydrogens (tertiary/aromatic N) is 2. The maximum Gasteiger partial charge on any atom is 0.259 e. The second kappa shape index (κ2) is 7.21. The van der Waals surface area contributed by atoms with Gasteiger partial charge in [0.1, 0.15) is 17.3 Å². The lowest BCUT2D eigenvalue weighted by atomic mass is 10.1. The number of carbonyl (C=O) groups excluding carboxylic acids is 1. The van der Waals surface area contributed by atoms with Gasteiger partial charge in [0.25, 0.3) is 5.91 Å². The molecule has 0 bridgehead atoms. The molecule has 6 nitrogen and oxygen atoms in total. The van der Waals surface area contributed by atoms with Crippen LogP contribution in [0.15, 0.2) is 36.5 Å². The number of benzene rings is 1. The van der Waals surface area contributed by atoms with Crippen LogP contribution >= 0.6 is 0 Å². The molecule has 3 rings (SSSR count). The first-order chi connectivity index (χ1) is 11.7. The van der Waals surface area contributed by atoms with Gasteiger partial charge in [0.05, 0.1) is 24.6 Å². The largest absolute Gasteiger partial charge is 0.507 e. The van der Waals surface area contributed by atoms with Gasteiger partial charge in [0, 0.05) is 19.2 Å². The zero-order chi connectivity index (χ0) is 16.9. The molecule has 2 N–H and O–H groups in total. The molecule has 1 aromatic heterocycles. The number of phenols is 1. The van der Waals surface area contributed by atoms with E-state index in [0.717, 1.165) is 18.9 Å². The molecule has 2 heterocycles. The average molecular weight is 327 g/mol. The number of phenolic OH excluding ortho intramolecular Hbond substituents is 1. The number of hydrogen-bond acceptors (Lipinski definition) is 5. The van der Waals surface area contributed by atoms with E-state index >= 15 is 0 Å². The summed E-state index contributed by atoms with van der Waals surface area (Å²) in [6, 6.07) is 8.31. The Hall–Kier alpha value is -2.76. The minimum Gasteiger partial charge on any atom is -0.507 e. The molecule has 0 atom stereocenters.